The zero-order valence-corrected chi connectivity index (χ0v) is 29.9. The van der Waals surface area contributed by atoms with Crippen LogP contribution in [0.25, 0.3) is 97.0 Å². The van der Waals surface area contributed by atoms with Crippen molar-refractivity contribution in [2.24, 2.45) is 0 Å². The molecule has 244 valence electrons. The molecule has 0 nitrogen and oxygen atoms in total. The highest BCUT2D eigenvalue weighted by molar-refractivity contribution is 7.26. The van der Waals surface area contributed by atoms with Gasteiger partial charge in [0.05, 0.1) is 0 Å². The van der Waals surface area contributed by atoms with Gasteiger partial charge in [-0.1, -0.05) is 166 Å². The molecule has 11 rings (SSSR count). The summed E-state index contributed by atoms with van der Waals surface area (Å²) in [6, 6.07) is 63.3. The Balaban J connectivity index is 1.29. The molecule has 0 N–H and O–H groups in total. The number of benzene rings is 9. The van der Waals surface area contributed by atoms with Crippen molar-refractivity contribution in [3.8, 4) is 44.5 Å². The van der Waals surface area contributed by atoms with Crippen molar-refractivity contribution < 1.29 is 0 Å². The highest BCUT2D eigenvalue weighted by Crippen LogP contribution is 2.58. The van der Waals surface area contributed by atoms with Crippen LogP contribution in [-0.2, 0) is 5.41 Å². The van der Waals surface area contributed by atoms with Gasteiger partial charge in [0, 0.05) is 31.2 Å². The lowest BCUT2D eigenvalue weighted by Crippen LogP contribution is -2.16. The van der Waals surface area contributed by atoms with Gasteiger partial charge in [-0.05, 0) is 101 Å². The number of thiophene rings is 1. The fourth-order valence-electron chi connectivity index (χ4n) is 9.26. The summed E-state index contributed by atoms with van der Waals surface area (Å²) in [4.78, 5) is 0. The van der Waals surface area contributed by atoms with Gasteiger partial charge in [-0.2, -0.15) is 0 Å². The quantitative estimate of drug-likeness (QED) is 0.163. The van der Waals surface area contributed by atoms with Crippen LogP contribution in [0.4, 0.5) is 0 Å². The van der Waals surface area contributed by atoms with E-state index in [9.17, 15) is 0 Å². The second-order valence-electron chi connectivity index (χ2n) is 14.8. The molecular weight excluding hydrogens is 645 g/mol. The minimum absolute atomic E-state index is 0.176. The van der Waals surface area contributed by atoms with Gasteiger partial charge < -0.3 is 0 Å². The summed E-state index contributed by atoms with van der Waals surface area (Å²) in [6.45, 7) is 4.86. The molecule has 0 unspecified atom stereocenters. The van der Waals surface area contributed by atoms with E-state index in [4.69, 9.17) is 0 Å². The van der Waals surface area contributed by atoms with Crippen LogP contribution in [0.2, 0.25) is 0 Å². The van der Waals surface area contributed by atoms with Crippen LogP contribution in [0, 0.1) is 0 Å². The van der Waals surface area contributed by atoms with Gasteiger partial charge in [-0.25, -0.2) is 0 Å². The van der Waals surface area contributed by atoms with Crippen LogP contribution in [0.15, 0.2) is 170 Å². The molecule has 52 heavy (non-hydrogen) atoms. The molecule has 0 bridgehead atoms. The average molecular weight is 679 g/mol. The normalized spacial score (nSPS) is 13.3. The molecule has 1 aliphatic carbocycles. The summed E-state index contributed by atoms with van der Waals surface area (Å²) in [7, 11) is 0. The molecule has 0 saturated heterocycles. The molecule has 1 heterocycles. The van der Waals surface area contributed by atoms with Crippen LogP contribution < -0.4 is 0 Å². The van der Waals surface area contributed by atoms with E-state index in [2.05, 4.69) is 184 Å². The van der Waals surface area contributed by atoms with Gasteiger partial charge in [0.15, 0.2) is 0 Å². The highest BCUT2D eigenvalue weighted by Gasteiger charge is 2.39. The lowest BCUT2D eigenvalue weighted by atomic mass is 9.76. The van der Waals surface area contributed by atoms with Crippen molar-refractivity contribution in [2.45, 2.75) is 19.3 Å². The fraction of sp³-hybridized carbons (Fsp3) is 0.0588. The Kier molecular flexibility index (Phi) is 6.27. The minimum atomic E-state index is -0.176. The zero-order valence-electron chi connectivity index (χ0n) is 29.1. The first-order valence-corrected chi connectivity index (χ1v) is 19.0. The highest BCUT2D eigenvalue weighted by atomic mass is 32.1. The molecule has 10 aromatic rings. The average Bonchev–Trinajstić information content (AvgIpc) is 3.66. The van der Waals surface area contributed by atoms with Crippen molar-refractivity contribution in [3.63, 3.8) is 0 Å². The van der Waals surface area contributed by atoms with E-state index in [0.717, 1.165) is 0 Å². The topological polar surface area (TPSA) is 0 Å². The Labute approximate surface area is 307 Å². The minimum Gasteiger partial charge on any atom is -0.134 e. The van der Waals surface area contributed by atoms with E-state index in [1.165, 1.54) is 108 Å². The van der Waals surface area contributed by atoms with Gasteiger partial charge in [-0.3, -0.25) is 0 Å². The van der Waals surface area contributed by atoms with E-state index in [0.29, 0.717) is 0 Å². The lowest BCUT2D eigenvalue weighted by molar-refractivity contribution is 0.663. The van der Waals surface area contributed by atoms with Crippen LogP contribution in [0.5, 0.6) is 0 Å². The molecule has 1 heteroatoms. The predicted octanol–water partition coefficient (Wildman–Crippen LogP) is 14.8. The molecule has 0 atom stereocenters. The third kappa shape index (κ3) is 4.15. The molecule has 1 aromatic heterocycles. The third-order valence-corrected chi connectivity index (χ3v) is 12.8. The van der Waals surface area contributed by atoms with Crippen molar-refractivity contribution in [1.82, 2.24) is 0 Å². The predicted molar refractivity (Wildman–Crippen MR) is 226 cm³/mol. The van der Waals surface area contributed by atoms with Crippen LogP contribution in [-0.4, -0.2) is 0 Å². The standard InChI is InChI=1S/C51H34S/c1-51(2)44-23-13-12-18-36(44)42-30-43-41-28-34-16-6-7-17-35(34)29-45(41)52-50(43)48(49(42)51)47-39-21-10-8-19-37(39)46(38-20-9-11-22-40(38)47)33-26-24-32(25-27-33)31-14-4-3-5-15-31/h3-30H,1-2H3. The van der Waals surface area contributed by atoms with Crippen molar-refractivity contribution in [2.75, 3.05) is 0 Å². The second-order valence-corrected chi connectivity index (χ2v) is 15.9. The number of fused-ring (bicyclic) bond motifs is 9. The Hall–Kier alpha value is -6.02. The molecule has 0 spiro atoms. The Morgan fingerprint density at radius 1 is 0.385 bits per heavy atom. The van der Waals surface area contributed by atoms with Gasteiger partial charge >= 0.3 is 0 Å². The van der Waals surface area contributed by atoms with E-state index < -0.39 is 0 Å². The third-order valence-electron chi connectivity index (χ3n) is 11.6. The second kappa shape index (κ2) is 11.0. The molecule has 0 aliphatic heterocycles. The van der Waals surface area contributed by atoms with Crippen LogP contribution in [0.1, 0.15) is 25.0 Å². The fourth-order valence-corrected chi connectivity index (χ4v) is 10.5. The van der Waals surface area contributed by atoms with E-state index in [-0.39, 0.29) is 5.41 Å². The maximum absolute atomic E-state index is 2.52. The summed E-state index contributed by atoms with van der Waals surface area (Å²) >= 11 is 1.96. The largest absolute Gasteiger partial charge is 0.134 e. The molecule has 0 amide bonds. The maximum atomic E-state index is 2.52. The Bertz CT molecular complexity index is 3010. The van der Waals surface area contributed by atoms with Gasteiger partial charge in [0.2, 0.25) is 0 Å². The zero-order chi connectivity index (χ0) is 34.6. The smallest absolute Gasteiger partial charge is 0.0437 e. The number of rotatable bonds is 3. The summed E-state index contributed by atoms with van der Waals surface area (Å²) in [5.41, 5.74) is 13.1. The molecule has 0 radical (unpaired) electrons. The number of hydrogen-bond acceptors (Lipinski definition) is 1. The monoisotopic (exact) mass is 678 g/mol. The summed E-state index contributed by atoms with van der Waals surface area (Å²) in [6.07, 6.45) is 0. The van der Waals surface area contributed by atoms with Gasteiger partial charge in [-0.15, -0.1) is 11.3 Å². The summed E-state index contributed by atoms with van der Waals surface area (Å²) < 4.78 is 2.72. The Morgan fingerprint density at radius 2 is 0.923 bits per heavy atom. The van der Waals surface area contributed by atoms with Gasteiger partial charge in [0.1, 0.15) is 0 Å². The molecule has 9 aromatic carbocycles. The SMILES string of the molecule is CC1(C)c2ccccc2-c2cc3c(sc4cc5ccccc5cc43)c(-c3c4ccccc4c(-c4ccc(-c5ccccc5)cc4)c4ccccc34)c21. The van der Waals surface area contributed by atoms with Crippen LogP contribution >= 0.6 is 11.3 Å². The molecule has 0 fully saturated rings. The first kappa shape index (κ1) is 29.7. The molecular formula is C51H34S. The van der Waals surface area contributed by atoms with E-state index in [1.807, 2.05) is 11.3 Å². The molecule has 1 aliphatic rings. The van der Waals surface area contributed by atoms with Gasteiger partial charge in [0.25, 0.3) is 0 Å². The summed E-state index contributed by atoms with van der Waals surface area (Å²) in [5.74, 6) is 0. The first-order chi connectivity index (χ1) is 25.6. The Morgan fingerprint density at radius 3 is 1.62 bits per heavy atom. The van der Waals surface area contributed by atoms with Crippen LogP contribution in [0.3, 0.4) is 0 Å². The summed E-state index contributed by atoms with van der Waals surface area (Å²) in [5, 5.41) is 10.4. The maximum Gasteiger partial charge on any atom is 0.0437 e. The number of hydrogen-bond donors (Lipinski definition) is 0. The van der Waals surface area contributed by atoms with E-state index in [1.54, 1.807) is 0 Å². The lowest BCUT2D eigenvalue weighted by Gasteiger charge is -2.27. The van der Waals surface area contributed by atoms with Crippen molar-refractivity contribution >= 4 is 63.8 Å². The molecule has 0 saturated carbocycles. The van der Waals surface area contributed by atoms with Crippen molar-refractivity contribution in [3.05, 3.63) is 181 Å². The first-order valence-electron chi connectivity index (χ1n) is 18.2. The van der Waals surface area contributed by atoms with E-state index >= 15 is 0 Å². The van der Waals surface area contributed by atoms with Crippen molar-refractivity contribution in [1.29, 1.82) is 0 Å².